The number of rotatable bonds is 2. The van der Waals surface area contributed by atoms with Crippen molar-refractivity contribution in [3.8, 4) is 11.5 Å². The monoisotopic (exact) mass is 257 g/mol. The van der Waals surface area contributed by atoms with E-state index in [1.807, 2.05) is 12.1 Å². The van der Waals surface area contributed by atoms with E-state index in [-0.39, 0.29) is 0 Å². The van der Waals surface area contributed by atoms with Crippen LogP contribution in [0.1, 0.15) is 10.4 Å². The molecule has 0 amide bonds. The molecular weight excluding hydrogens is 246 g/mol. The zero-order valence-corrected chi connectivity index (χ0v) is 10.1. The first-order valence-electron chi connectivity index (χ1n) is 5.57. The lowest BCUT2D eigenvalue weighted by molar-refractivity contribution is 0.0601. The van der Waals surface area contributed by atoms with Gasteiger partial charge in [-0.2, -0.15) is 4.52 Å². The minimum atomic E-state index is -0.460. The van der Waals surface area contributed by atoms with Gasteiger partial charge in [0.15, 0.2) is 11.5 Å². The van der Waals surface area contributed by atoms with Crippen molar-refractivity contribution in [2.45, 2.75) is 0 Å². The second kappa shape index (κ2) is 4.13. The van der Waals surface area contributed by atoms with Crippen molar-refractivity contribution in [3.63, 3.8) is 0 Å². The lowest BCUT2D eigenvalue weighted by atomic mass is 10.2. The SMILES string of the molecule is COC(=O)c1cc(N)n2nc(-c3ccc[nH]3)nc2c1. The first-order valence-corrected chi connectivity index (χ1v) is 5.57. The summed E-state index contributed by atoms with van der Waals surface area (Å²) in [5.41, 5.74) is 7.48. The minimum Gasteiger partial charge on any atom is -0.465 e. The Kier molecular flexibility index (Phi) is 2.45. The highest BCUT2D eigenvalue weighted by Gasteiger charge is 2.13. The fourth-order valence-corrected chi connectivity index (χ4v) is 1.83. The van der Waals surface area contributed by atoms with Crippen molar-refractivity contribution in [1.82, 2.24) is 19.6 Å². The lowest BCUT2D eigenvalue weighted by Gasteiger charge is -2.01. The van der Waals surface area contributed by atoms with E-state index in [4.69, 9.17) is 5.73 Å². The molecule has 0 saturated carbocycles. The molecule has 0 atom stereocenters. The number of pyridine rings is 1. The molecule has 0 aliphatic carbocycles. The Morgan fingerprint density at radius 1 is 1.47 bits per heavy atom. The number of nitrogen functional groups attached to an aromatic ring is 1. The number of hydrogen-bond acceptors (Lipinski definition) is 5. The number of hydrogen-bond donors (Lipinski definition) is 2. The summed E-state index contributed by atoms with van der Waals surface area (Å²) in [4.78, 5) is 18.8. The van der Waals surface area contributed by atoms with Crippen molar-refractivity contribution in [2.24, 2.45) is 0 Å². The standard InChI is InChI=1S/C12H11N5O2/c1-19-12(18)7-5-9(13)17-10(6-7)15-11(16-17)8-3-2-4-14-8/h2-6,14H,13H2,1H3. The van der Waals surface area contributed by atoms with Gasteiger partial charge in [-0.05, 0) is 24.3 Å². The second-order valence-electron chi connectivity index (χ2n) is 3.95. The van der Waals surface area contributed by atoms with Gasteiger partial charge < -0.3 is 15.5 Å². The quantitative estimate of drug-likeness (QED) is 0.670. The Balaban J connectivity index is 2.17. The van der Waals surface area contributed by atoms with Gasteiger partial charge in [0.2, 0.25) is 0 Å². The van der Waals surface area contributed by atoms with Crippen LogP contribution < -0.4 is 5.73 Å². The highest BCUT2D eigenvalue weighted by Crippen LogP contribution is 2.18. The van der Waals surface area contributed by atoms with Gasteiger partial charge in [0.25, 0.3) is 0 Å². The van der Waals surface area contributed by atoms with Crippen LogP contribution in [0.2, 0.25) is 0 Å². The number of ether oxygens (including phenoxy) is 1. The lowest BCUT2D eigenvalue weighted by Crippen LogP contribution is -2.06. The largest absolute Gasteiger partial charge is 0.465 e. The van der Waals surface area contributed by atoms with Crippen LogP contribution in [-0.2, 0) is 4.74 Å². The molecule has 7 heteroatoms. The molecule has 0 aromatic carbocycles. The van der Waals surface area contributed by atoms with Gasteiger partial charge in [-0.1, -0.05) is 0 Å². The third kappa shape index (κ3) is 1.81. The Hall–Kier alpha value is -2.83. The molecule has 19 heavy (non-hydrogen) atoms. The molecule has 96 valence electrons. The molecule has 0 fully saturated rings. The fourth-order valence-electron chi connectivity index (χ4n) is 1.83. The summed E-state index contributed by atoms with van der Waals surface area (Å²) >= 11 is 0. The molecule has 0 unspecified atom stereocenters. The summed E-state index contributed by atoms with van der Waals surface area (Å²) in [6.45, 7) is 0. The van der Waals surface area contributed by atoms with Crippen molar-refractivity contribution in [1.29, 1.82) is 0 Å². The van der Waals surface area contributed by atoms with E-state index in [0.29, 0.717) is 22.9 Å². The van der Waals surface area contributed by atoms with E-state index in [2.05, 4.69) is 19.8 Å². The molecule has 0 aliphatic rings. The summed E-state index contributed by atoms with van der Waals surface area (Å²) in [5, 5.41) is 4.28. The Bertz CT molecular complexity index is 745. The zero-order valence-electron chi connectivity index (χ0n) is 10.1. The van der Waals surface area contributed by atoms with Crippen molar-refractivity contribution >= 4 is 17.4 Å². The molecule has 3 N–H and O–H groups in total. The van der Waals surface area contributed by atoms with E-state index < -0.39 is 5.97 Å². The van der Waals surface area contributed by atoms with Crippen LogP contribution in [0.3, 0.4) is 0 Å². The Labute approximate surface area is 108 Å². The van der Waals surface area contributed by atoms with Crippen LogP contribution in [-0.4, -0.2) is 32.7 Å². The predicted octanol–water partition coefficient (Wildman–Crippen LogP) is 1.09. The Morgan fingerprint density at radius 3 is 3.00 bits per heavy atom. The minimum absolute atomic E-state index is 0.322. The van der Waals surface area contributed by atoms with Crippen LogP contribution in [0, 0.1) is 0 Å². The van der Waals surface area contributed by atoms with Gasteiger partial charge in [0.05, 0.1) is 18.4 Å². The van der Waals surface area contributed by atoms with E-state index in [0.717, 1.165) is 5.69 Å². The van der Waals surface area contributed by atoms with Crippen LogP contribution >= 0.6 is 0 Å². The van der Waals surface area contributed by atoms with Crippen molar-refractivity contribution < 1.29 is 9.53 Å². The topological polar surface area (TPSA) is 98.3 Å². The number of aromatic nitrogens is 4. The number of methoxy groups -OCH3 is 1. The molecule has 7 nitrogen and oxygen atoms in total. The number of carbonyl (C=O) groups is 1. The van der Waals surface area contributed by atoms with Crippen molar-refractivity contribution in [3.05, 3.63) is 36.0 Å². The third-order valence-corrected chi connectivity index (χ3v) is 2.72. The Morgan fingerprint density at radius 2 is 2.32 bits per heavy atom. The van der Waals surface area contributed by atoms with Crippen LogP contribution in [0.25, 0.3) is 17.2 Å². The number of aromatic amines is 1. The average Bonchev–Trinajstić information content (AvgIpc) is 3.05. The summed E-state index contributed by atoms with van der Waals surface area (Å²) in [6.07, 6.45) is 1.78. The van der Waals surface area contributed by atoms with E-state index in [9.17, 15) is 4.79 Å². The maximum Gasteiger partial charge on any atom is 0.338 e. The summed E-state index contributed by atoms with van der Waals surface area (Å²) < 4.78 is 6.14. The van der Waals surface area contributed by atoms with Gasteiger partial charge in [-0.25, -0.2) is 9.78 Å². The van der Waals surface area contributed by atoms with Gasteiger partial charge >= 0.3 is 5.97 Å². The van der Waals surface area contributed by atoms with E-state index in [1.54, 1.807) is 12.3 Å². The number of carbonyl (C=O) groups excluding carboxylic acids is 1. The number of nitrogens with two attached hydrogens (primary N) is 1. The average molecular weight is 257 g/mol. The van der Waals surface area contributed by atoms with Crippen molar-refractivity contribution in [2.75, 3.05) is 12.8 Å². The molecule has 3 rings (SSSR count). The first kappa shape index (κ1) is 11.3. The number of nitrogens with one attached hydrogen (secondary N) is 1. The molecule has 0 bridgehead atoms. The summed E-state index contributed by atoms with van der Waals surface area (Å²) in [5.74, 6) is 0.376. The number of anilines is 1. The smallest absolute Gasteiger partial charge is 0.338 e. The van der Waals surface area contributed by atoms with Gasteiger partial charge in [0.1, 0.15) is 5.82 Å². The maximum atomic E-state index is 11.5. The number of fused-ring (bicyclic) bond motifs is 1. The number of nitrogens with zero attached hydrogens (tertiary/aromatic N) is 3. The first-order chi connectivity index (χ1) is 9.19. The third-order valence-electron chi connectivity index (χ3n) is 2.72. The van der Waals surface area contributed by atoms with Gasteiger partial charge in [0, 0.05) is 6.20 Å². The zero-order chi connectivity index (χ0) is 13.4. The molecular formula is C12H11N5O2. The fraction of sp³-hybridized carbons (Fsp3) is 0.0833. The van der Waals surface area contributed by atoms with Crippen LogP contribution in [0.5, 0.6) is 0 Å². The molecule has 0 spiro atoms. The van der Waals surface area contributed by atoms with E-state index >= 15 is 0 Å². The number of esters is 1. The maximum absolute atomic E-state index is 11.5. The molecule has 0 radical (unpaired) electrons. The molecule has 3 aromatic rings. The van der Waals surface area contributed by atoms with E-state index in [1.165, 1.54) is 17.7 Å². The van der Waals surface area contributed by atoms with Gasteiger partial charge in [-0.15, -0.1) is 5.10 Å². The predicted molar refractivity (Wildman–Crippen MR) is 68.5 cm³/mol. The second-order valence-corrected chi connectivity index (χ2v) is 3.95. The molecule has 3 aromatic heterocycles. The normalized spacial score (nSPS) is 10.8. The molecule has 3 heterocycles. The number of H-pyrrole nitrogens is 1. The van der Waals surface area contributed by atoms with Crippen LogP contribution in [0.15, 0.2) is 30.5 Å². The summed E-state index contributed by atoms with van der Waals surface area (Å²) in [6, 6.07) is 6.80. The van der Waals surface area contributed by atoms with Crippen LogP contribution in [0.4, 0.5) is 5.82 Å². The highest BCUT2D eigenvalue weighted by molar-refractivity contribution is 5.91. The van der Waals surface area contributed by atoms with Gasteiger partial charge in [-0.3, -0.25) is 0 Å². The summed E-state index contributed by atoms with van der Waals surface area (Å²) in [7, 11) is 1.32. The highest BCUT2D eigenvalue weighted by atomic mass is 16.5. The molecule has 0 aliphatic heterocycles. The molecule has 0 saturated heterocycles.